The molecule has 3 aromatic carbocycles. The number of thiophene rings is 1. The number of carbonyl (C=O) groups excluding carboxylic acids is 2. The van der Waals surface area contributed by atoms with Gasteiger partial charge in [0.1, 0.15) is 36.4 Å². The van der Waals surface area contributed by atoms with Crippen LogP contribution >= 0.6 is 30.1 Å². The number of benzene rings is 3. The zero-order valence-electron chi connectivity index (χ0n) is 43.2. The van der Waals surface area contributed by atoms with E-state index < -0.39 is 25.9 Å². The van der Waals surface area contributed by atoms with E-state index in [9.17, 15) is 32.7 Å². The predicted molar refractivity (Wildman–Crippen MR) is 299 cm³/mol. The standard InChI is InChI=1S/C56H65ClF3N10O3PS/c1-36-37(2)75-54-51(36)52(39-11-13-40(57)14-12-39)65-47(53(62)70(54)38(3)61)33-49(71)67-28-21-55(22-29-67)23-30-68(31-24-55)50(72)34-66-26-19-42(20-27-66)64-46-9-6-10-48-45(46)32-43(69(48)35-56(58,59)60)8-7-25-63-41-15-17-44(18-16-41)74(4,5)73/h6,9-18,32,42,47,61-64H,19-31,33-35H2,1-5H3/t47-/m0/s1. The van der Waals surface area contributed by atoms with Crippen LogP contribution in [0.5, 0.6) is 0 Å². The molecule has 75 heavy (non-hydrogen) atoms. The second-order valence-corrected chi connectivity index (χ2v) is 25.8. The highest BCUT2D eigenvalue weighted by Gasteiger charge is 2.41. The Morgan fingerprint density at radius 2 is 1.56 bits per heavy atom. The fourth-order valence-corrected chi connectivity index (χ4v) is 13.2. The van der Waals surface area contributed by atoms with Crippen molar-refractivity contribution in [3.05, 3.63) is 105 Å². The Labute approximate surface area is 446 Å². The Balaban J connectivity index is 0.759. The highest BCUT2D eigenvalue weighted by Crippen LogP contribution is 2.43. The number of rotatable bonds is 11. The van der Waals surface area contributed by atoms with E-state index in [1.807, 2.05) is 66.1 Å². The Morgan fingerprint density at radius 1 is 0.920 bits per heavy atom. The monoisotopic (exact) mass is 1080 g/mol. The third-order valence-electron chi connectivity index (χ3n) is 15.5. The molecule has 19 heteroatoms. The minimum absolute atomic E-state index is 0.0177. The van der Waals surface area contributed by atoms with Gasteiger partial charge in [-0.3, -0.25) is 35.2 Å². The maximum Gasteiger partial charge on any atom is 0.406 e. The second-order valence-electron chi connectivity index (χ2n) is 21.0. The quantitative estimate of drug-likeness (QED) is 0.0445. The van der Waals surface area contributed by atoms with Gasteiger partial charge in [-0.1, -0.05) is 35.7 Å². The third kappa shape index (κ3) is 12.2. The summed E-state index contributed by atoms with van der Waals surface area (Å²) in [5.41, 5.74) is 5.72. The largest absolute Gasteiger partial charge is 0.406 e. The van der Waals surface area contributed by atoms with E-state index >= 15 is 0 Å². The van der Waals surface area contributed by atoms with Crippen molar-refractivity contribution in [1.29, 1.82) is 10.8 Å². The number of amides is 2. The van der Waals surface area contributed by atoms with Crippen molar-refractivity contribution in [2.24, 2.45) is 10.4 Å². The molecule has 1 atom stereocenters. The Hall–Kier alpha value is -5.92. The van der Waals surface area contributed by atoms with Crippen molar-refractivity contribution in [1.82, 2.24) is 19.3 Å². The summed E-state index contributed by atoms with van der Waals surface area (Å²) in [5.74, 6) is 6.31. The normalized spacial score (nSPS) is 18.6. The zero-order chi connectivity index (χ0) is 53.4. The van der Waals surface area contributed by atoms with Gasteiger partial charge in [-0.15, -0.1) is 11.3 Å². The lowest BCUT2D eigenvalue weighted by Crippen LogP contribution is -2.52. The molecule has 396 valence electrons. The van der Waals surface area contributed by atoms with Crippen LogP contribution in [0.3, 0.4) is 0 Å². The van der Waals surface area contributed by atoms with E-state index in [4.69, 9.17) is 22.0 Å². The number of likely N-dealkylation sites (tertiary alicyclic amines) is 3. The van der Waals surface area contributed by atoms with Crippen molar-refractivity contribution in [3.63, 3.8) is 0 Å². The fourth-order valence-electron chi connectivity index (χ4n) is 11.0. The summed E-state index contributed by atoms with van der Waals surface area (Å²) in [6.45, 7) is 12.5. The van der Waals surface area contributed by atoms with Gasteiger partial charge in [-0.05, 0) is 144 Å². The zero-order valence-corrected chi connectivity index (χ0v) is 45.6. The lowest BCUT2D eigenvalue weighted by molar-refractivity contribution is -0.140. The molecule has 0 bridgehead atoms. The summed E-state index contributed by atoms with van der Waals surface area (Å²) in [7, 11) is -2.39. The van der Waals surface area contributed by atoms with E-state index in [-0.39, 0.29) is 53.6 Å². The molecule has 13 nitrogen and oxygen atoms in total. The van der Waals surface area contributed by atoms with Crippen molar-refractivity contribution >= 4 is 91.9 Å². The van der Waals surface area contributed by atoms with E-state index in [2.05, 4.69) is 27.4 Å². The van der Waals surface area contributed by atoms with Crippen LogP contribution in [0.2, 0.25) is 5.02 Å². The molecular formula is C56H65ClF3N10O3PS. The molecule has 0 unspecified atom stereocenters. The molecule has 4 N–H and O–H groups in total. The Bertz CT molecular complexity index is 3130. The van der Waals surface area contributed by atoms with Gasteiger partial charge < -0.3 is 29.6 Å². The molecule has 2 aromatic heterocycles. The number of piperidine rings is 3. The maximum absolute atomic E-state index is 14.1. The minimum Gasteiger partial charge on any atom is -0.382 e. The summed E-state index contributed by atoms with van der Waals surface area (Å²) in [6, 6.07) is 21.0. The molecule has 6 heterocycles. The van der Waals surface area contributed by atoms with Crippen LogP contribution in [0.4, 0.5) is 29.5 Å². The smallest absolute Gasteiger partial charge is 0.382 e. The Morgan fingerprint density at radius 3 is 2.17 bits per heavy atom. The average Bonchev–Trinajstić information content (AvgIpc) is 3.82. The van der Waals surface area contributed by atoms with Gasteiger partial charge in [0.2, 0.25) is 11.8 Å². The highest BCUT2D eigenvalue weighted by atomic mass is 35.5. The number of hydrogen-bond donors (Lipinski definition) is 4. The summed E-state index contributed by atoms with van der Waals surface area (Å²) >= 11 is 7.80. The molecule has 2 amide bonds. The van der Waals surface area contributed by atoms with Crippen LogP contribution in [-0.4, -0.2) is 132 Å². The van der Waals surface area contributed by atoms with E-state index in [0.29, 0.717) is 67.5 Å². The number of amidine groups is 2. The first-order chi connectivity index (χ1) is 35.6. The first-order valence-corrected chi connectivity index (χ1v) is 29.4. The number of aromatic nitrogens is 1. The van der Waals surface area contributed by atoms with Crippen LogP contribution in [-0.2, 0) is 20.7 Å². The molecule has 4 aliphatic heterocycles. The summed E-state index contributed by atoms with van der Waals surface area (Å²) in [6.07, 6.45) is 0.552. The molecule has 3 saturated heterocycles. The van der Waals surface area contributed by atoms with Gasteiger partial charge >= 0.3 is 6.18 Å². The van der Waals surface area contributed by atoms with Crippen LogP contribution in [0.1, 0.15) is 79.1 Å². The molecule has 0 radical (unpaired) electrons. The number of fused-ring (bicyclic) bond motifs is 2. The third-order valence-corrected chi connectivity index (χ3v) is 18.5. The number of alkyl halides is 3. The van der Waals surface area contributed by atoms with Crippen molar-refractivity contribution < 1.29 is 27.3 Å². The maximum atomic E-state index is 14.1. The van der Waals surface area contributed by atoms with Crippen LogP contribution < -0.4 is 20.8 Å². The Kier molecular flexibility index (Phi) is 15.8. The number of nitrogens with one attached hydrogen (secondary N) is 4. The number of anilines is 3. The fraction of sp³-hybridized carbons (Fsp3) is 0.446. The highest BCUT2D eigenvalue weighted by molar-refractivity contribution is 7.70. The summed E-state index contributed by atoms with van der Waals surface area (Å²) in [4.78, 5) is 41.8. The molecule has 0 aliphatic carbocycles. The lowest BCUT2D eigenvalue weighted by atomic mass is 9.71. The molecule has 1 spiro atoms. The summed E-state index contributed by atoms with van der Waals surface area (Å²) in [5, 5.41) is 27.6. The molecular weight excluding hydrogens is 1020 g/mol. The molecule has 3 fully saturated rings. The SMILES string of the molecule is CC(=N)N1C(=N)[C@H](CC(=O)N2CCC3(CC2)CCN(C(=O)CN2CCC(Nc4cccc5c4cc(C#CCNc4ccc(P(C)(C)=O)cc4)n5CC(F)(F)F)CC2)CC3)N=C(c2ccc(Cl)cc2)c2c1sc(C)c2C. The first-order valence-electron chi connectivity index (χ1n) is 25.6. The van der Waals surface area contributed by atoms with Crippen molar-refractivity contribution in [3.8, 4) is 11.8 Å². The van der Waals surface area contributed by atoms with Gasteiger partial charge in [-0.25, -0.2) is 0 Å². The van der Waals surface area contributed by atoms with Crippen LogP contribution in [0, 0.1) is 41.9 Å². The number of halogens is 4. The van der Waals surface area contributed by atoms with E-state index in [1.54, 1.807) is 55.5 Å². The summed E-state index contributed by atoms with van der Waals surface area (Å²) < 4.78 is 55.3. The average molecular weight is 1080 g/mol. The lowest BCUT2D eigenvalue weighted by Gasteiger charge is -2.47. The number of aliphatic imine (C=N–C) groups is 1. The van der Waals surface area contributed by atoms with Gasteiger partial charge in [0, 0.05) is 88.4 Å². The molecule has 4 aliphatic rings. The number of aryl methyl sites for hydroxylation is 1. The number of nitrogens with zero attached hydrogens (tertiary/aromatic N) is 6. The van der Waals surface area contributed by atoms with Crippen molar-refractivity contribution in [2.45, 2.75) is 90.5 Å². The van der Waals surface area contributed by atoms with Gasteiger partial charge in [0.25, 0.3) is 0 Å². The van der Waals surface area contributed by atoms with E-state index in [1.165, 1.54) is 15.9 Å². The molecule has 0 saturated carbocycles. The minimum atomic E-state index is -4.45. The van der Waals surface area contributed by atoms with Gasteiger partial charge in [0.15, 0.2) is 0 Å². The predicted octanol–water partition coefficient (Wildman–Crippen LogP) is 10.4. The molecule has 9 rings (SSSR count). The van der Waals surface area contributed by atoms with Gasteiger partial charge in [0.05, 0.1) is 36.4 Å². The van der Waals surface area contributed by atoms with Crippen LogP contribution in [0.15, 0.2) is 77.8 Å². The first kappa shape index (κ1) is 53.9. The topological polar surface area (TPSA) is 153 Å². The van der Waals surface area contributed by atoms with E-state index in [0.717, 1.165) is 81.8 Å². The van der Waals surface area contributed by atoms with Crippen molar-refractivity contribution in [2.75, 3.05) is 81.2 Å². The number of hydrogen-bond acceptors (Lipinski definition) is 10. The molecule has 5 aromatic rings. The van der Waals surface area contributed by atoms with Crippen LogP contribution in [0.25, 0.3) is 10.9 Å². The second kappa shape index (κ2) is 22.0. The van der Waals surface area contributed by atoms with Gasteiger partial charge in [-0.2, -0.15) is 13.2 Å². The number of carbonyl (C=O) groups is 2.